The number of ether oxygens (including phenoxy) is 1. The Hall–Kier alpha value is -3.17. The summed E-state index contributed by atoms with van der Waals surface area (Å²) in [5.74, 6) is 0.560. The number of hydrogen-bond donors (Lipinski definition) is 2. The van der Waals surface area contributed by atoms with Gasteiger partial charge in [-0.15, -0.1) is 11.3 Å². The van der Waals surface area contributed by atoms with Crippen LogP contribution in [0, 0.1) is 0 Å². The maximum atomic E-state index is 12.6. The van der Waals surface area contributed by atoms with Crippen molar-refractivity contribution in [1.29, 1.82) is 0 Å². The molecule has 1 aliphatic rings. The van der Waals surface area contributed by atoms with E-state index in [0.717, 1.165) is 60.8 Å². The van der Waals surface area contributed by atoms with Crippen LogP contribution in [0.2, 0.25) is 0 Å². The van der Waals surface area contributed by atoms with Gasteiger partial charge >= 0.3 is 0 Å². The first-order chi connectivity index (χ1) is 16.5. The van der Waals surface area contributed by atoms with E-state index in [1.54, 1.807) is 7.11 Å². The number of thiazole rings is 1. The number of benzene rings is 1. The Labute approximate surface area is 203 Å². The molecule has 1 aliphatic heterocycles. The molecule has 1 saturated heterocycles. The molecule has 2 aromatic heterocycles. The molecule has 2 amide bonds. The van der Waals surface area contributed by atoms with E-state index in [1.807, 2.05) is 54.6 Å². The maximum Gasteiger partial charge on any atom is 0.270 e. The van der Waals surface area contributed by atoms with Crippen LogP contribution < -0.4 is 10.1 Å². The molecule has 34 heavy (non-hydrogen) atoms. The number of carbonyl (C=O) groups excluding carboxylic acids is 2. The third kappa shape index (κ3) is 5.31. The molecule has 0 radical (unpaired) electrons. The van der Waals surface area contributed by atoms with Gasteiger partial charge in [-0.1, -0.05) is 13.8 Å². The lowest BCUT2D eigenvalue weighted by atomic mass is 10.2. The highest BCUT2D eigenvalue weighted by molar-refractivity contribution is 7.13. The first-order valence-electron chi connectivity index (χ1n) is 11.7. The second-order valence-corrected chi connectivity index (χ2v) is 9.12. The predicted octanol–water partition coefficient (Wildman–Crippen LogP) is 4.33. The molecule has 0 bridgehead atoms. The minimum atomic E-state index is -0.0819. The SMILES string of the molecule is CCN(CC)CC(=O)Nc1cc(-c2nc(-c3c[nH]c(C(=O)N4CCCC4)c3)cs2)ccc1OC. The summed E-state index contributed by atoms with van der Waals surface area (Å²) in [7, 11) is 1.59. The number of H-pyrrole nitrogens is 1. The van der Waals surface area contributed by atoms with Gasteiger partial charge in [0.25, 0.3) is 5.91 Å². The molecule has 0 unspecified atom stereocenters. The number of aromatic amines is 1. The molecule has 3 aromatic rings. The van der Waals surface area contributed by atoms with Crippen molar-refractivity contribution in [2.45, 2.75) is 26.7 Å². The van der Waals surface area contributed by atoms with Gasteiger partial charge < -0.3 is 19.9 Å². The number of hydrogen-bond acceptors (Lipinski definition) is 6. The van der Waals surface area contributed by atoms with Gasteiger partial charge in [-0.25, -0.2) is 4.98 Å². The van der Waals surface area contributed by atoms with Gasteiger partial charge in [0.2, 0.25) is 5.91 Å². The van der Waals surface area contributed by atoms with Crippen LogP contribution in [0.25, 0.3) is 21.8 Å². The minimum Gasteiger partial charge on any atom is -0.495 e. The first-order valence-corrected chi connectivity index (χ1v) is 12.5. The second-order valence-electron chi connectivity index (χ2n) is 8.26. The van der Waals surface area contributed by atoms with E-state index in [0.29, 0.717) is 23.7 Å². The monoisotopic (exact) mass is 481 g/mol. The average molecular weight is 482 g/mol. The van der Waals surface area contributed by atoms with Crippen LogP contribution in [-0.2, 0) is 4.79 Å². The molecule has 1 fully saturated rings. The van der Waals surface area contributed by atoms with Gasteiger partial charge in [0, 0.05) is 35.8 Å². The maximum absolute atomic E-state index is 12.6. The van der Waals surface area contributed by atoms with E-state index in [4.69, 9.17) is 9.72 Å². The van der Waals surface area contributed by atoms with Crippen molar-refractivity contribution in [1.82, 2.24) is 19.8 Å². The summed E-state index contributed by atoms with van der Waals surface area (Å²) in [4.78, 5) is 37.0. The van der Waals surface area contributed by atoms with Crippen molar-refractivity contribution >= 4 is 28.8 Å². The Kier molecular flexibility index (Phi) is 7.64. The molecule has 1 aromatic carbocycles. The van der Waals surface area contributed by atoms with Crippen LogP contribution in [0.3, 0.4) is 0 Å². The first kappa shape index (κ1) is 24.0. The van der Waals surface area contributed by atoms with Gasteiger partial charge in [-0.3, -0.25) is 14.5 Å². The number of anilines is 1. The Balaban J connectivity index is 1.51. The molecule has 0 spiro atoms. The van der Waals surface area contributed by atoms with Crippen LogP contribution >= 0.6 is 11.3 Å². The molecule has 0 atom stereocenters. The van der Waals surface area contributed by atoms with Crippen molar-refractivity contribution in [2.24, 2.45) is 0 Å². The smallest absolute Gasteiger partial charge is 0.270 e. The average Bonchev–Trinajstić information content (AvgIpc) is 3.63. The van der Waals surface area contributed by atoms with Gasteiger partial charge in [0.1, 0.15) is 16.5 Å². The Morgan fingerprint density at radius 2 is 1.94 bits per heavy atom. The standard InChI is InChI=1S/C25H31N5O3S/c1-4-29(5-2)15-23(31)27-19-12-17(8-9-22(19)33-3)24-28-21(16-34-24)18-13-20(26-14-18)25(32)30-10-6-7-11-30/h8-9,12-14,16,26H,4-7,10-11,15H2,1-3H3,(H,27,31). The van der Waals surface area contributed by atoms with Crippen molar-refractivity contribution in [3.63, 3.8) is 0 Å². The molecule has 3 heterocycles. The fraction of sp³-hybridized carbons (Fsp3) is 0.400. The van der Waals surface area contributed by atoms with Crippen molar-refractivity contribution in [3.05, 3.63) is 41.5 Å². The fourth-order valence-corrected chi connectivity index (χ4v) is 4.90. The topological polar surface area (TPSA) is 90.6 Å². The largest absolute Gasteiger partial charge is 0.495 e. The normalized spacial score (nSPS) is 13.5. The van der Waals surface area contributed by atoms with Gasteiger partial charge in [0.15, 0.2) is 0 Å². The summed E-state index contributed by atoms with van der Waals surface area (Å²) in [6, 6.07) is 7.53. The second kappa shape index (κ2) is 10.8. The summed E-state index contributed by atoms with van der Waals surface area (Å²) < 4.78 is 5.45. The van der Waals surface area contributed by atoms with Crippen LogP contribution in [0.5, 0.6) is 5.75 Å². The number of likely N-dealkylation sites (tertiary alicyclic amines) is 1. The van der Waals surface area contributed by atoms with Gasteiger partial charge in [0.05, 0.1) is 25.0 Å². The molecule has 8 nitrogen and oxygen atoms in total. The van der Waals surface area contributed by atoms with Crippen LogP contribution in [0.15, 0.2) is 35.8 Å². The molecule has 180 valence electrons. The third-order valence-electron chi connectivity index (χ3n) is 6.09. The summed E-state index contributed by atoms with van der Waals surface area (Å²) in [6.45, 7) is 7.66. The number of nitrogens with one attached hydrogen (secondary N) is 2. The summed E-state index contributed by atoms with van der Waals surface area (Å²) >= 11 is 1.52. The molecule has 0 saturated carbocycles. The predicted molar refractivity (Wildman–Crippen MR) is 135 cm³/mol. The van der Waals surface area contributed by atoms with Crippen LogP contribution in [0.4, 0.5) is 5.69 Å². The highest BCUT2D eigenvalue weighted by Crippen LogP contribution is 2.34. The number of aromatic nitrogens is 2. The number of nitrogens with zero attached hydrogens (tertiary/aromatic N) is 3. The van der Waals surface area contributed by atoms with E-state index in [9.17, 15) is 9.59 Å². The zero-order valence-corrected chi connectivity index (χ0v) is 20.7. The number of rotatable bonds is 9. The Morgan fingerprint density at radius 1 is 1.18 bits per heavy atom. The number of amides is 2. The van der Waals surface area contributed by atoms with E-state index in [-0.39, 0.29) is 11.8 Å². The lowest BCUT2D eigenvalue weighted by molar-refractivity contribution is -0.117. The van der Waals surface area contributed by atoms with E-state index < -0.39 is 0 Å². The zero-order valence-electron chi connectivity index (χ0n) is 19.9. The zero-order chi connectivity index (χ0) is 24.1. The number of likely N-dealkylation sites (N-methyl/N-ethyl adjacent to an activating group) is 1. The molecular formula is C25H31N5O3S. The third-order valence-corrected chi connectivity index (χ3v) is 6.98. The molecule has 4 rings (SSSR count). The molecule has 9 heteroatoms. The number of carbonyl (C=O) groups is 2. The Bertz CT molecular complexity index is 1150. The van der Waals surface area contributed by atoms with Crippen molar-refractivity contribution in [3.8, 4) is 27.6 Å². The van der Waals surface area contributed by atoms with E-state index in [1.165, 1.54) is 11.3 Å². The lowest BCUT2D eigenvalue weighted by Crippen LogP contribution is -2.33. The minimum absolute atomic E-state index is 0.0412. The quantitative estimate of drug-likeness (QED) is 0.475. The molecule has 0 aliphatic carbocycles. The summed E-state index contributed by atoms with van der Waals surface area (Å²) in [5, 5.41) is 5.78. The number of methoxy groups -OCH3 is 1. The Morgan fingerprint density at radius 3 is 2.65 bits per heavy atom. The summed E-state index contributed by atoms with van der Waals surface area (Å²) in [6.07, 6.45) is 3.96. The van der Waals surface area contributed by atoms with E-state index in [2.05, 4.69) is 15.2 Å². The van der Waals surface area contributed by atoms with Crippen LogP contribution in [0.1, 0.15) is 37.2 Å². The van der Waals surface area contributed by atoms with E-state index >= 15 is 0 Å². The summed E-state index contributed by atoms with van der Waals surface area (Å²) in [5.41, 5.74) is 3.79. The lowest BCUT2D eigenvalue weighted by Gasteiger charge is -2.18. The van der Waals surface area contributed by atoms with Crippen molar-refractivity contribution < 1.29 is 14.3 Å². The van der Waals surface area contributed by atoms with Crippen molar-refractivity contribution in [2.75, 3.05) is 45.2 Å². The molecule has 2 N–H and O–H groups in total. The highest BCUT2D eigenvalue weighted by Gasteiger charge is 2.21. The van der Waals surface area contributed by atoms with Crippen LogP contribution in [-0.4, -0.2) is 71.4 Å². The molecular weight excluding hydrogens is 450 g/mol. The fourth-order valence-electron chi connectivity index (χ4n) is 4.07. The van der Waals surface area contributed by atoms with Gasteiger partial charge in [-0.05, 0) is 50.2 Å². The van der Waals surface area contributed by atoms with Gasteiger partial charge in [-0.2, -0.15) is 0 Å². The highest BCUT2D eigenvalue weighted by atomic mass is 32.1.